The lowest BCUT2D eigenvalue weighted by atomic mass is 9.79. The summed E-state index contributed by atoms with van der Waals surface area (Å²) in [5.74, 6) is -0.961. The van der Waals surface area contributed by atoms with E-state index in [4.69, 9.17) is 9.47 Å². The molecular weight excluding hydrogens is 402 g/mol. The number of benzene rings is 3. The van der Waals surface area contributed by atoms with Crippen LogP contribution >= 0.6 is 0 Å². The molecule has 0 bridgehead atoms. The van der Waals surface area contributed by atoms with Gasteiger partial charge in [0.15, 0.2) is 5.54 Å². The van der Waals surface area contributed by atoms with Gasteiger partial charge in [0.05, 0.1) is 25.3 Å². The summed E-state index contributed by atoms with van der Waals surface area (Å²) < 4.78 is 10.8. The van der Waals surface area contributed by atoms with Crippen LogP contribution in [0.3, 0.4) is 0 Å². The highest BCUT2D eigenvalue weighted by atomic mass is 16.5. The molecule has 0 fully saturated rings. The number of hydrogen-bond acceptors (Lipinski definition) is 5. The van der Waals surface area contributed by atoms with Crippen LogP contribution in [0, 0.1) is 0 Å². The van der Waals surface area contributed by atoms with Gasteiger partial charge >= 0.3 is 11.9 Å². The predicted molar refractivity (Wildman–Crippen MR) is 122 cm³/mol. The second-order valence-corrected chi connectivity index (χ2v) is 7.47. The summed E-state index contributed by atoms with van der Waals surface area (Å²) in [6.07, 6.45) is 0. The average molecular weight is 428 g/mol. The Labute approximate surface area is 187 Å². The second-order valence-electron chi connectivity index (χ2n) is 7.47. The molecule has 3 aromatic carbocycles. The van der Waals surface area contributed by atoms with E-state index in [-0.39, 0.29) is 6.61 Å². The highest BCUT2D eigenvalue weighted by molar-refractivity contribution is 6.10. The van der Waals surface area contributed by atoms with Crippen LogP contribution in [0.4, 0.5) is 0 Å². The van der Waals surface area contributed by atoms with Crippen LogP contribution < -0.4 is 5.32 Å². The van der Waals surface area contributed by atoms with Crippen LogP contribution in [-0.2, 0) is 24.6 Å². The summed E-state index contributed by atoms with van der Waals surface area (Å²) in [4.78, 5) is 26.9. The standard InChI is InChI=1S/C27H25NO4/c1-3-32-25(29)22-23(19-13-7-4-8-14-19)27(26(30)31-2,21-17-11-6-12-18-21)28-24(22)20-15-9-5-10-16-20/h4-18,24,28H,3H2,1-2H3/t24-,27-/m0/s1. The summed E-state index contributed by atoms with van der Waals surface area (Å²) in [6.45, 7) is 1.99. The highest BCUT2D eigenvalue weighted by Gasteiger charge is 2.55. The van der Waals surface area contributed by atoms with Gasteiger partial charge in [0.25, 0.3) is 0 Å². The lowest BCUT2D eigenvalue weighted by Crippen LogP contribution is -2.48. The van der Waals surface area contributed by atoms with Crippen molar-refractivity contribution in [3.05, 3.63) is 113 Å². The van der Waals surface area contributed by atoms with Crippen molar-refractivity contribution in [2.24, 2.45) is 0 Å². The third-order valence-corrected chi connectivity index (χ3v) is 5.68. The van der Waals surface area contributed by atoms with E-state index in [9.17, 15) is 9.59 Å². The molecule has 5 nitrogen and oxygen atoms in total. The van der Waals surface area contributed by atoms with Crippen molar-refractivity contribution >= 4 is 17.5 Å². The monoisotopic (exact) mass is 427 g/mol. The van der Waals surface area contributed by atoms with Gasteiger partial charge < -0.3 is 9.47 Å². The zero-order chi connectivity index (χ0) is 22.6. The van der Waals surface area contributed by atoms with Gasteiger partial charge in [-0.1, -0.05) is 91.0 Å². The Bertz CT molecular complexity index is 1130. The number of hydrogen-bond donors (Lipinski definition) is 1. The zero-order valence-electron chi connectivity index (χ0n) is 18.1. The van der Waals surface area contributed by atoms with Crippen molar-refractivity contribution in [1.29, 1.82) is 0 Å². The summed E-state index contributed by atoms with van der Waals surface area (Å²) in [5.41, 5.74) is 1.84. The normalized spacial score (nSPS) is 20.1. The first-order valence-electron chi connectivity index (χ1n) is 10.6. The van der Waals surface area contributed by atoms with Crippen LogP contribution in [0.2, 0.25) is 0 Å². The predicted octanol–water partition coefficient (Wildman–Crippen LogP) is 4.42. The molecule has 1 N–H and O–H groups in total. The van der Waals surface area contributed by atoms with Crippen molar-refractivity contribution in [2.75, 3.05) is 13.7 Å². The van der Waals surface area contributed by atoms with Gasteiger partial charge in [0.1, 0.15) is 0 Å². The summed E-state index contributed by atoms with van der Waals surface area (Å²) in [5, 5.41) is 3.48. The Hall–Kier alpha value is -3.70. The molecule has 0 radical (unpaired) electrons. The molecule has 4 rings (SSSR count). The third-order valence-electron chi connectivity index (χ3n) is 5.68. The number of esters is 2. The first kappa shape index (κ1) is 21.5. The number of methoxy groups -OCH3 is 1. The summed E-state index contributed by atoms with van der Waals surface area (Å²) in [7, 11) is 1.36. The van der Waals surface area contributed by atoms with Crippen molar-refractivity contribution in [3.8, 4) is 0 Å². The fraction of sp³-hybridized carbons (Fsp3) is 0.185. The molecule has 0 aromatic heterocycles. The highest BCUT2D eigenvalue weighted by Crippen LogP contribution is 2.50. The van der Waals surface area contributed by atoms with E-state index in [0.717, 1.165) is 11.1 Å². The molecule has 0 saturated carbocycles. The minimum Gasteiger partial charge on any atom is -0.467 e. The number of carbonyl (C=O) groups is 2. The first-order valence-corrected chi connectivity index (χ1v) is 10.6. The smallest absolute Gasteiger partial charge is 0.336 e. The van der Waals surface area contributed by atoms with Crippen molar-refractivity contribution in [2.45, 2.75) is 18.5 Å². The molecular formula is C27H25NO4. The fourth-order valence-corrected chi connectivity index (χ4v) is 4.36. The lowest BCUT2D eigenvalue weighted by molar-refractivity contribution is -0.146. The van der Waals surface area contributed by atoms with E-state index in [1.54, 1.807) is 6.92 Å². The Morgan fingerprint density at radius 1 is 0.875 bits per heavy atom. The average Bonchev–Trinajstić information content (AvgIpc) is 3.23. The minimum atomic E-state index is -1.39. The van der Waals surface area contributed by atoms with Crippen LogP contribution in [0.5, 0.6) is 0 Å². The van der Waals surface area contributed by atoms with E-state index < -0.39 is 23.5 Å². The Morgan fingerprint density at radius 2 is 1.44 bits per heavy atom. The van der Waals surface area contributed by atoms with Crippen LogP contribution in [-0.4, -0.2) is 25.7 Å². The van der Waals surface area contributed by atoms with Gasteiger partial charge in [-0.15, -0.1) is 0 Å². The Morgan fingerprint density at radius 3 is 2.00 bits per heavy atom. The van der Waals surface area contributed by atoms with Crippen LogP contribution in [0.15, 0.2) is 96.6 Å². The molecule has 32 heavy (non-hydrogen) atoms. The van der Waals surface area contributed by atoms with Crippen molar-refractivity contribution in [1.82, 2.24) is 5.32 Å². The molecule has 3 aromatic rings. The maximum atomic E-state index is 13.6. The van der Waals surface area contributed by atoms with Gasteiger partial charge in [-0.2, -0.15) is 0 Å². The SMILES string of the molecule is CCOC(=O)C1=C(c2ccccc2)[C@](C(=O)OC)(c2ccccc2)N[C@H]1c1ccccc1. The molecule has 162 valence electrons. The molecule has 1 heterocycles. The molecule has 0 spiro atoms. The van der Waals surface area contributed by atoms with E-state index in [0.29, 0.717) is 16.7 Å². The van der Waals surface area contributed by atoms with E-state index >= 15 is 0 Å². The topological polar surface area (TPSA) is 64.6 Å². The Kier molecular flexibility index (Phi) is 6.19. The van der Waals surface area contributed by atoms with Crippen molar-refractivity contribution < 1.29 is 19.1 Å². The van der Waals surface area contributed by atoms with Gasteiger partial charge in [-0.3, -0.25) is 5.32 Å². The fourth-order valence-electron chi connectivity index (χ4n) is 4.36. The molecule has 0 saturated heterocycles. The quantitative estimate of drug-likeness (QED) is 0.590. The molecule has 0 aliphatic carbocycles. The van der Waals surface area contributed by atoms with Gasteiger partial charge in [0, 0.05) is 5.57 Å². The maximum absolute atomic E-state index is 13.6. The maximum Gasteiger partial charge on any atom is 0.336 e. The van der Waals surface area contributed by atoms with Gasteiger partial charge in [0.2, 0.25) is 0 Å². The van der Waals surface area contributed by atoms with Crippen LogP contribution in [0.25, 0.3) is 5.57 Å². The number of carbonyl (C=O) groups excluding carboxylic acids is 2. The minimum absolute atomic E-state index is 0.225. The number of rotatable bonds is 6. The van der Waals surface area contributed by atoms with E-state index in [1.165, 1.54) is 7.11 Å². The van der Waals surface area contributed by atoms with Crippen LogP contribution in [0.1, 0.15) is 29.7 Å². The van der Waals surface area contributed by atoms with E-state index in [1.807, 2.05) is 91.0 Å². The molecule has 0 amide bonds. The first-order chi connectivity index (χ1) is 15.6. The number of nitrogens with one attached hydrogen (secondary N) is 1. The summed E-state index contributed by atoms with van der Waals surface area (Å²) in [6, 6.07) is 27.8. The molecule has 1 aliphatic heterocycles. The van der Waals surface area contributed by atoms with Gasteiger partial charge in [-0.05, 0) is 23.6 Å². The lowest BCUT2D eigenvalue weighted by Gasteiger charge is -2.32. The molecule has 2 atom stereocenters. The van der Waals surface area contributed by atoms with E-state index in [2.05, 4.69) is 5.32 Å². The Balaban J connectivity index is 2.09. The second kappa shape index (κ2) is 9.20. The third kappa shape index (κ3) is 3.61. The van der Waals surface area contributed by atoms with Crippen molar-refractivity contribution in [3.63, 3.8) is 0 Å². The number of ether oxygens (including phenoxy) is 2. The summed E-state index contributed by atoms with van der Waals surface area (Å²) >= 11 is 0. The molecule has 0 unspecified atom stereocenters. The zero-order valence-corrected chi connectivity index (χ0v) is 18.1. The molecule has 1 aliphatic rings. The van der Waals surface area contributed by atoms with Gasteiger partial charge in [-0.25, -0.2) is 9.59 Å². The molecule has 5 heteroatoms. The largest absolute Gasteiger partial charge is 0.467 e.